The molecule has 0 bridgehead atoms. The number of hydrogen-bond donors (Lipinski definition) is 0. The fourth-order valence-corrected chi connectivity index (χ4v) is 2.75. The van der Waals surface area contributed by atoms with Gasteiger partial charge in [-0.2, -0.15) is 0 Å². The molecule has 164 valence electrons. The van der Waals surface area contributed by atoms with E-state index in [0.717, 1.165) is 24.8 Å². The van der Waals surface area contributed by atoms with Gasteiger partial charge in [0.15, 0.2) is 5.76 Å². The molecule has 0 unspecified atom stereocenters. The number of allylic oxidation sites excluding steroid dienone is 2. The van der Waals surface area contributed by atoms with E-state index in [1.165, 1.54) is 0 Å². The van der Waals surface area contributed by atoms with Gasteiger partial charge in [0.2, 0.25) is 0 Å². The third-order valence-electron chi connectivity index (χ3n) is 4.32. The van der Waals surface area contributed by atoms with Gasteiger partial charge in [0, 0.05) is 5.56 Å². The van der Waals surface area contributed by atoms with Crippen molar-refractivity contribution in [3.8, 4) is 5.75 Å². The minimum absolute atomic E-state index is 0.336. The molecule has 0 saturated heterocycles. The number of carbonyl (C=O) groups excluding carboxylic acids is 1. The molecule has 0 saturated carbocycles. The van der Waals surface area contributed by atoms with E-state index in [4.69, 9.17) is 14.2 Å². The van der Waals surface area contributed by atoms with E-state index in [1.54, 1.807) is 24.5 Å². The Morgan fingerprint density at radius 3 is 2.06 bits per heavy atom. The number of carbonyl (C=O) groups is 1. The summed E-state index contributed by atoms with van der Waals surface area (Å²) >= 11 is 0. The third-order valence-corrected chi connectivity index (χ3v) is 4.32. The van der Waals surface area contributed by atoms with Gasteiger partial charge in [-0.05, 0) is 37.8 Å². The number of hydrogen-bond acceptors (Lipinski definition) is 4. The van der Waals surface area contributed by atoms with Crippen molar-refractivity contribution in [1.82, 2.24) is 0 Å². The van der Waals surface area contributed by atoms with E-state index in [0.29, 0.717) is 36.7 Å². The largest absolute Gasteiger partial charge is 0.489 e. The van der Waals surface area contributed by atoms with Crippen LogP contribution in [0.2, 0.25) is 0 Å². The SMILES string of the molecule is CC/C=C\CCOC(=O)c1ccccc1OC=C(OCC/C=C\CC)c1ccccc1. The van der Waals surface area contributed by atoms with Crippen LogP contribution in [0.4, 0.5) is 0 Å². The molecule has 0 aromatic heterocycles. The van der Waals surface area contributed by atoms with Crippen LogP contribution in [0.5, 0.6) is 5.75 Å². The lowest BCUT2D eigenvalue weighted by molar-refractivity contribution is 0.0508. The second-order valence-electron chi connectivity index (χ2n) is 6.78. The van der Waals surface area contributed by atoms with Crippen molar-refractivity contribution < 1.29 is 19.0 Å². The van der Waals surface area contributed by atoms with Crippen molar-refractivity contribution in [2.24, 2.45) is 0 Å². The molecule has 0 amide bonds. The van der Waals surface area contributed by atoms with E-state index >= 15 is 0 Å². The van der Waals surface area contributed by atoms with Gasteiger partial charge in [-0.25, -0.2) is 4.79 Å². The molecule has 2 aromatic carbocycles. The summed E-state index contributed by atoms with van der Waals surface area (Å²) in [6, 6.07) is 16.8. The fraction of sp³-hybridized carbons (Fsp3) is 0.296. The van der Waals surface area contributed by atoms with Crippen LogP contribution in [0.25, 0.3) is 5.76 Å². The van der Waals surface area contributed by atoms with Crippen LogP contribution in [0.1, 0.15) is 55.5 Å². The number of benzene rings is 2. The smallest absolute Gasteiger partial charge is 0.341 e. The molecule has 2 rings (SSSR count). The lowest BCUT2D eigenvalue weighted by Gasteiger charge is -2.12. The Balaban J connectivity index is 2.09. The van der Waals surface area contributed by atoms with Crippen molar-refractivity contribution in [2.75, 3.05) is 13.2 Å². The standard InChI is InChI=1S/C27H32O4/c1-3-5-7-14-20-29-26(23-16-10-9-11-17-23)22-31-25-19-13-12-18-24(25)27(28)30-21-15-8-6-4-2/h5-13,16-19,22H,3-4,14-15,20-21H2,1-2H3/b7-5-,8-6-,26-22?. The molecule has 2 aromatic rings. The number of rotatable bonds is 13. The van der Waals surface area contributed by atoms with Crippen LogP contribution in [-0.2, 0) is 9.47 Å². The van der Waals surface area contributed by atoms with Crippen LogP contribution < -0.4 is 4.74 Å². The molecule has 0 aliphatic carbocycles. The monoisotopic (exact) mass is 420 g/mol. The van der Waals surface area contributed by atoms with Crippen LogP contribution >= 0.6 is 0 Å². The quantitative estimate of drug-likeness (QED) is 0.152. The van der Waals surface area contributed by atoms with Gasteiger partial charge in [0.1, 0.15) is 17.6 Å². The van der Waals surface area contributed by atoms with Crippen LogP contribution in [0.15, 0.2) is 85.2 Å². The summed E-state index contributed by atoms with van der Waals surface area (Å²) in [7, 11) is 0. The maximum Gasteiger partial charge on any atom is 0.341 e. The van der Waals surface area contributed by atoms with Gasteiger partial charge >= 0.3 is 5.97 Å². The van der Waals surface area contributed by atoms with Crippen molar-refractivity contribution in [1.29, 1.82) is 0 Å². The predicted molar refractivity (Wildman–Crippen MR) is 126 cm³/mol. The Bertz CT molecular complexity index is 866. The molecule has 0 aliphatic heterocycles. The highest BCUT2D eigenvalue weighted by Gasteiger charge is 2.13. The summed E-state index contributed by atoms with van der Waals surface area (Å²) in [5.41, 5.74) is 1.29. The van der Waals surface area contributed by atoms with Gasteiger partial charge in [-0.1, -0.05) is 80.6 Å². The topological polar surface area (TPSA) is 44.8 Å². The molecule has 0 radical (unpaired) electrons. The summed E-state index contributed by atoms with van der Waals surface area (Å²) in [6.07, 6.45) is 13.3. The number of ether oxygens (including phenoxy) is 3. The summed E-state index contributed by atoms with van der Waals surface area (Å²) in [4.78, 5) is 12.5. The van der Waals surface area contributed by atoms with Crippen molar-refractivity contribution in [2.45, 2.75) is 39.5 Å². The fourth-order valence-electron chi connectivity index (χ4n) is 2.75. The molecule has 4 nitrogen and oxygen atoms in total. The van der Waals surface area contributed by atoms with Crippen molar-refractivity contribution in [3.63, 3.8) is 0 Å². The maximum absolute atomic E-state index is 12.5. The Morgan fingerprint density at radius 2 is 1.39 bits per heavy atom. The van der Waals surface area contributed by atoms with Crippen molar-refractivity contribution >= 4 is 11.7 Å². The third kappa shape index (κ3) is 8.95. The lowest BCUT2D eigenvalue weighted by atomic mass is 10.2. The highest BCUT2D eigenvalue weighted by Crippen LogP contribution is 2.22. The van der Waals surface area contributed by atoms with E-state index in [-0.39, 0.29) is 0 Å². The second kappa shape index (κ2) is 14.7. The Labute approximate surface area is 185 Å². The highest BCUT2D eigenvalue weighted by molar-refractivity contribution is 5.92. The number of para-hydroxylation sites is 1. The van der Waals surface area contributed by atoms with Crippen LogP contribution in [-0.4, -0.2) is 19.2 Å². The van der Waals surface area contributed by atoms with E-state index in [9.17, 15) is 4.79 Å². The molecule has 0 fully saturated rings. The Hall–Kier alpha value is -3.27. The first-order valence-electron chi connectivity index (χ1n) is 10.9. The second-order valence-corrected chi connectivity index (χ2v) is 6.78. The zero-order valence-electron chi connectivity index (χ0n) is 18.5. The molecule has 4 heteroatoms. The zero-order valence-corrected chi connectivity index (χ0v) is 18.5. The molecule has 0 N–H and O–H groups in total. The molecular weight excluding hydrogens is 388 g/mol. The van der Waals surface area contributed by atoms with Crippen molar-refractivity contribution in [3.05, 3.63) is 96.3 Å². The first kappa shape index (κ1) is 24.0. The van der Waals surface area contributed by atoms with Gasteiger partial charge in [0.25, 0.3) is 0 Å². The predicted octanol–water partition coefficient (Wildman–Crippen LogP) is 6.95. The molecular formula is C27H32O4. The first-order valence-corrected chi connectivity index (χ1v) is 10.9. The molecule has 31 heavy (non-hydrogen) atoms. The Morgan fingerprint density at radius 1 is 0.774 bits per heavy atom. The van der Waals surface area contributed by atoms with E-state index < -0.39 is 5.97 Å². The average Bonchev–Trinajstić information content (AvgIpc) is 2.81. The normalized spacial score (nSPS) is 11.7. The van der Waals surface area contributed by atoms with Crippen LogP contribution in [0.3, 0.4) is 0 Å². The van der Waals surface area contributed by atoms with Crippen LogP contribution in [0, 0.1) is 0 Å². The summed E-state index contributed by atoms with van der Waals surface area (Å²) in [5, 5.41) is 0. The summed E-state index contributed by atoms with van der Waals surface area (Å²) in [5.74, 6) is 0.638. The van der Waals surface area contributed by atoms with E-state index in [2.05, 4.69) is 32.1 Å². The highest BCUT2D eigenvalue weighted by atomic mass is 16.5. The average molecular weight is 421 g/mol. The Kier molecular flexibility index (Phi) is 11.4. The molecule has 0 aliphatic rings. The zero-order chi connectivity index (χ0) is 22.2. The number of esters is 1. The molecule has 0 heterocycles. The maximum atomic E-state index is 12.5. The van der Waals surface area contributed by atoms with Gasteiger partial charge in [-0.3, -0.25) is 0 Å². The van der Waals surface area contributed by atoms with E-state index in [1.807, 2.05) is 42.5 Å². The summed E-state index contributed by atoms with van der Waals surface area (Å²) < 4.78 is 17.2. The lowest BCUT2D eigenvalue weighted by Crippen LogP contribution is -2.08. The molecule has 0 spiro atoms. The van der Waals surface area contributed by atoms with Gasteiger partial charge < -0.3 is 14.2 Å². The minimum atomic E-state index is -0.402. The first-order chi connectivity index (χ1) is 15.3. The van der Waals surface area contributed by atoms with Gasteiger partial charge in [0.05, 0.1) is 13.2 Å². The summed E-state index contributed by atoms with van der Waals surface area (Å²) in [6.45, 7) is 5.04. The molecule has 0 atom stereocenters. The van der Waals surface area contributed by atoms with Gasteiger partial charge in [-0.15, -0.1) is 0 Å². The minimum Gasteiger partial charge on any atom is -0.489 e.